The summed E-state index contributed by atoms with van der Waals surface area (Å²) >= 11 is 0. The van der Waals surface area contributed by atoms with E-state index >= 15 is 0 Å². The van der Waals surface area contributed by atoms with Gasteiger partial charge in [0.05, 0.1) is 12.0 Å². The second-order valence-electron chi connectivity index (χ2n) is 6.30. The number of fused-ring (bicyclic) bond motifs is 1. The number of hydrogen-bond acceptors (Lipinski definition) is 5. The molecule has 0 unspecified atom stereocenters. The van der Waals surface area contributed by atoms with Crippen molar-refractivity contribution in [1.82, 2.24) is 0 Å². The van der Waals surface area contributed by atoms with Gasteiger partial charge in [0.2, 0.25) is 0 Å². The molecule has 1 saturated heterocycles. The summed E-state index contributed by atoms with van der Waals surface area (Å²) < 4.78 is 10.9. The van der Waals surface area contributed by atoms with E-state index in [1.54, 1.807) is 26.0 Å². The first-order valence-electron chi connectivity index (χ1n) is 8.10. The summed E-state index contributed by atoms with van der Waals surface area (Å²) in [6, 6.07) is 0. The Hall–Kier alpha value is -2.14. The fourth-order valence-corrected chi connectivity index (χ4v) is 2.98. The number of aliphatic hydroxyl groups excluding tert-OH is 1. The number of carbonyl (C=O) groups is 2. The molecule has 1 fully saturated rings. The number of rotatable bonds is 2. The van der Waals surface area contributed by atoms with Gasteiger partial charge in [0, 0.05) is 11.6 Å². The van der Waals surface area contributed by atoms with Gasteiger partial charge in [-0.15, -0.1) is 0 Å². The van der Waals surface area contributed by atoms with Crippen molar-refractivity contribution in [3.8, 4) is 0 Å². The number of aliphatic hydroxyl groups is 1. The molecule has 1 N–H and O–H groups in total. The van der Waals surface area contributed by atoms with Gasteiger partial charge >= 0.3 is 11.9 Å². The highest BCUT2D eigenvalue weighted by Gasteiger charge is 2.43. The van der Waals surface area contributed by atoms with E-state index in [1.807, 2.05) is 13.0 Å². The Kier molecular flexibility index (Phi) is 5.78. The van der Waals surface area contributed by atoms with Crippen LogP contribution >= 0.6 is 0 Å². The summed E-state index contributed by atoms with van der Waals surface area (Å²) in [6.07, 6.45) is 5.88. The third-order valence-electron chi connectivity index (χ3n) is 4.38. The number of allylic oxidation sites excluding steroid dienone is 2. The lowest BCUT2D eigenvalue weighted by Gasteiger charge is -2.26. The van der Waals surface area contributed by atoms with Crippen LogP contribution in [0.5, 0.6) is 0 Å². The van der Waals surface area contributed by atoms with Crippen LogP contribution in [-0.2, 0) is 19.1 Å². The van der Waals surface area contributed by atoms with E-state index in [1.165, 1.54) is 6.08 Å². The van der Waals surface area contributed by atoms with Crippen molar-refractivity contribution in [3.63, 3.8) is 0 Å². The summed E-state index contributed by atoms with van der Waals surface area (Å²) in [4.78, 5) is 23.9. The second-order valence-corrected chi connectivity index (χ2v) is 6.30. The Labute approximate surface area is 142 Å². The van der Waals surface area contributed by atoms with Gasteiger partial charge in [-0.25, -0.2) is 9.59 Å². The minimum absolute atomic E-state index is 0.279. The van der Waals surface area contributed by atoms with Crippen LogP contribution in [0, 0.1) is 5.92 Å². The van der Waals surface area contributed by atoms with E-state index in [-0.39, 0.29) is 5.57 Å². The van der Waals surface area contributed by atoms with Gasteiger partial charge in [-0.2, -0.15) is 0 Å². The van der Waals surface area contributed by atoms with Crippen molar-refractivity contribution in [2.24, 2.45) is 5.92 Å². The molecule has 5 heteroatoms. The van der Waals surface area contributed by atoms with Gasteiger partial charge in [-0.05, 0) is 51.3 Å². The topological polar surface area (TPSA) is 72.8 Å². The molecule has 0 aromatic carbocycles. The van der Waals surface area contributed by atoms with Gasteiger partial charge in [0.15, 0.2) is 0 Å². The molecule has 5 nitrogen and oxygen atoms in total. The molecule has 0 amide bonds. The average molecular weight is 332 g/mol. The van der Waals surface area contributed by atoms with Crippen molar-refractivity contribution < 1.29 is 24.2 Å². The first-order valence-corrected chi connectivity index (χ1v) is 8.10. The summed E-state index contributed by atoms with van der Waals surface area (Å²) in [5.74, 6) is -1.47. The van der Waals surface area contributed by atoms with E-state index in [0.29, 0.717) is 12.8 Å². The van der Waals surface area contributed by atoms with Crippen LogP contribution in [0.25, 0.3) is 0 Å². The van der Waals surface area contributed by atoms with Gasteiger partial charge in [-0.3, -0.25) is 0 Å². The number of esters is 2. The molecule has 0 aromatic heterocycles. The monoisotopic (exact) mass is 332 g/mol. The lowest BCUT2D eigenvalue weighted by atomic mass is 9.86. The van der Waals surface area contributed by atoms with Crippen LogP contribution in [0.1, 0.15) is 33.6 Å². The maximum atomic E-state index is 12.0. The molecular formula is C19H24O5. The predicted molar refractivity (Wildman–Crippen MR) is 90.0 cm³/mol. The predicted octanol–water partition coefficient (Wildman–Crippen LogP) is 2.62. The SMILES string of the molecule is C=C1C(=O)O[C@H]2/C=C(\C)[C@@H](O)CC/C(C)=C/[C@@H](OC(=O)/C=C/C)[C@H]12. The quantitative estimate of drug-likeness (QED) is 0.478. The molecule has 0 saturated carbocycles. The zero-order chi connectivity index (χ0) is 17.9. The molecule has 2 rings (SSSR count). The van der Waals surface area contributed by atoms with Crippen LogP contribution in [-0.4, -0.2) is 35.4 Å². The highest BCUT2D eigenvalue weighted by atomic mass is 16.6. The van der Waals surface area contributed by atoms with Crippen molar-refractivity contribution in [2.75, 3.05) is 0 Å². The smallest absolute Gasteiger partial charge is 0.334 e. The molecule has 24 heavy (non-hydrogen) atoms. The van der Waals surface area contributed by atoms with Crippen LogP contribution in [0.2, 0.25) is 0 Å². The normalized spacial score (nSPS) is 35.5. The van der Waals surface area contributed by atoms with Gasteiger partial charge in [0.25, 0.3) is 0 Å². The molecule has 1 aliphatic heterocycles. The Bertz CT molecular complexity index is 626. The fourth-order valence-electron chi connectivity index (χ4n) is 2.98. The van der Waals surface area contributed by atoms with Crippen molar-refractivity contribution in [3.05, 3.63) is 47.6 Å². The van der Waals surface area contributed by atoms with Crippen molar-refractivity contribution in [2.45, 2.75) is 51.9 Å². The third kappa shape index (κ3) is 4.03. The molecule has 1 aliphatic carbocycles. The minimum Gasteiger partial charge on any atom is -0.454 e. The molecule has 0 aromatic rings. The van der Waals surface area contributed by atoms with E-state index in [2.05, 4.69) is 6.58 Å². The molecule has 0 bridgehead atoms. The Balaban J connectivity index is 2.43. The van der Waals surface area contributed by atoms with E-state index in [4.69, 9.17) is 9.47 Å². The summed E-state index contributed by atoms with van der Waals surface area (Å²) in [5, 5.41) is 10.2. The van der Waals surface area contributed by atoms with Crippen LogP contribution in [0.15, 0.2) is 47.6 Å². The summed E-state index contributed by atoms with van der Waals surface area (Å²) in [6.45, 7) is 9.26. The lowest BCUT2D eigenvalue weighted by molar-refractivity contribution is -0.143. The van der Waals surface area contributed by atoms with Crippen LogP contribution in [0.3, 0.4) is 0 Å². The van der Waals surface area contributed by atoms with Crippen molar-refractivity contribution >= 4 is 11.9 Å². The first kappa shape index (κ1) is 18.2. The zero-order valence-electron chi connectivity index (χ0n) is 14.3. The van der Waals surface area contributed by atoms with Crippen LogP contribution in [0.4, 0.5) is 0 Å². The van der Waals surface area contributed by atoms with Crippen molar-refractivity contribution in [1.29, 1.82) is 0 Å². The first-order chi connectivity index (χ1) is 11.3. The molecule has 1 heterocycles. The minimum atomic E-state index is -0.642. The highest BCUT2D eigenvalue weighted by Crippen LogP contribution is 2.35. The van der Waals surface area contributed by atoms with Crippen LogP contribution < -0.4 is 0 Å². The number of ether oxygens (including phenoxy) is 2. The molecule has 2 aliphatic rings. The zero-order valence-corrected chi connectivity index (χ0v) is 14.3. The maximum Gasteiger partial charge on any atom is 0.334 e. The Morgan fingerprint density at radius 2 is 2.12 bits per heavy atom. The molecule has 0 radical (unpaired) electrons. The largest absolute Gasteiger partial charge is 0.454 e. The molecular weight excluding hydrogens is 308 g/mol. The number of hydrogen-bond donors (Lipinski definition) is 1. The summed E-state index contributed by atoms with van der Waals surface area (Å²) in [7, 11) is 0. The van der Waals surface area contributed by atoms with Gasteiger partial charge in [-0.1, -0.05) is 18.2 Å². The fraction of sp³-hybridized carbons (Fsp3) is 0.474. The van der Waals surface area contributed by atoms with E-state index in [0.717, 1.165) is 11.1 Å². The number of carbonyl (C=O) groups excluding carboxylic acids is 2. The standard InChI is InChI=1S/C19H24O5/c1-5-6-17(21)23-15-9-11(2)7-8-14(20)12(3)10-16-18(15)13(4)19(22)24-16/h5-6,9-10,14-16,18,20H,4,7-8H2,1-3H3/b6-5+,11-9+,12-10+/t14-,15+,16-,18-/m0/s1. The highest BCUT2D eigenvalue weighted by molar-refractivity contribution is 5.91. The second kappa shape index (κ2) is 7.62. The van der Waals surface area contributed by atoms with E-state index in [9.17, 15) is 14.7 Å². The maximum absolute atomic E-state index is 12.0. The van der Waals surface area contributed by atoms with E-state index < -0.39 is 36.2 Å². The van der Waals surface area contributed by atoms with Gasteiger partial charge in [0.1, 0.15) is 12.2 Å². The Morgan fingerprint density at radius 3 is 2.79 bits per heavy atom. The molecule has 4 atom stereocenters. The molecule has 0 spiro atoms. The Morgan fingerprint density at radius 1 is 1.42 bits per heavy atom. The third-order valence-corrected chi connectivity index (χ3v) is 4.38. The lowest BCUT2D eigenvalue weighted by Crippen LogP contribution is -2.32. The molecule has 130 valence electrons. The average Bonchev–Trinajstić information content (AvgIpc) is 2.78. The van der Waals surface area contributed by atoms with Gasteiger partial charge < -0.3 is 14.6 Å². The summed E-state index contributed by atoms with van der Waals surface area (Å²) in [5.41, 5.74) is 2.00.